The van der Waals surface area contributed by atoms with E-state index in [-0.39, 0.29) is 28.9 Å². The van der Waals surface area contributed by atoms with Gasteiger partial charge in [0.1, 0.15) is 11.9 Å². The monoisotopic (exact) mass is 444 g/mol. The minimum Gasteiger partial charge on any atom is -0.350 e. The molecule has 0 aliphatic heterocycles. The Labute approximate surface area is 181 Å². The summed E-state index contributed by atoms with van der Waals surface area (Å²) in [6, 6.07) is 12.1. The third-order valence-electron chi connectivity index (χ3n) is 4.86. The normalized spacial score (nSPS) is 14.2. The molecular weight excluding hydrogens is 427 g/mol. The van der Waals surface area contributed by atoms with E-state index in [9.17, 15) is 14.0 Å². The topological polar surface area (TPSA) is 75.2 Å². The number of carbonyl (C=O) groups is 2. The molecule has 1 aliphatic carbocycles. The smallest absolute Gasteiger partial charge is 0.276 e. The molecule has 6 nitrogen and oxygen atoms in total. The highest BCUT2D eigenvalue weighted by molar-refractivity contribution is 7.03. The standard InChI is InChI=1S/C21H18ClFN4O2S/c22-15-7-4-8-16(23)18(15)19(20(28)24-11-13-5-2-1-3-6-13)27(14-9-10-14)21(29)17-12-30-26-25-17/h1-8,12,14,19H,9-11H2,(H,24,28)/t19-/m1/s1. The minimum absolute atomic E-state index is 0.0202. The molecule has 1 heterocycles. The van der Waals surface area contributed by atoms with Crippen molar-refractivity contribution in [3.8, 4) is 0 Å². The van der Waals surface area contributed by atoms with Gasteiger partial charge in [-0.2, -0.15) is 0 Å². The summed E-state index contributed by atoms with van der Waals surface area (Å²) >= 11 is 7.34. The fourth-order valence-corrected chi connectivity index (χ4v) is 3.98. The van der Waals surface area contributed by atoms with Crippen molar-refractivity contribution in [3.63, 3.8) is 0 Å². The number of halogens is 2. The third kappa shape index (κ3) is 4.34. The summed E-state index contributed by atoms with van der Waals surface area (Å²) in [6.45, 7) is 0.243. The fourth-order valence-electron chi connectivity index (χ4n) is 3.29. The van der Waals surface area contributed by atoms with E-state index in [1.807, 2.05) is 30.3 Å². The van der Waals surface area contributed by atoms with E-state index in [2.05, 4.69) is 14.9 Å². The molecule has 1 N–H and O–H groups in total. The number of hydrogen-bond acceptors (Lipinski definition) is 5. The Morgan fingerprint density at radius 2 is 1.97 bits per heavy atom. The minimum atomic E-state index is -1.22. The van der Waals surface area contributed by atoms with Crippen LogP contribution < -0.4 is 5.32 Å². The van der Waals surface area contributed by atoms with E-state index in [0.717, 1.165) is 29.9 Å². The van der Waals surface area contributed by atoms with Gasteiger partial charge in [-0.25, -0.2) is 4.39 Å². The van der Waals surface area contributed by atoms with Crippen molar-refractivity contribution in [1.82, 2.24) is 19.8 Å². The van der Waals surface area contributed by atoms with Crippen LogP contribution in [0, 0.1) is 5.82 Å². The largest absolute Gasteiger partial charge is 0.350 e. The molecule has 30 heavy (non-hydrogen) atoms. The van der Waals surface area contributed by atoms with Gasteiger partial charge in [0.15, 0.2) is 5.69 Å². The molecule has 0 unspecified atom stereocenters. The summed E-state index contributed by atoms with van der Waals surface area (Å²) < 4.78 is 18.6. The van der Waals surface area contributed by atoms with Crippen LogP contribution >= 0.6 is 23.1 Å². The molecule has 9 heteroatoms. The lowest BCUT2D eigenvalue weighted by Crippen LogP contribution is -2.45. The van der Waals surface area contributed by atoms with E-state index >= 15 is 0 Å². The van der Waals surface area contributed by atoms with Gasteiger partial charge in [0.25, 0.3) is 5.91 Å². The van der Waals surface area contributed by atoms with Crippen LogP contribution in [0.4, 0.5) is 4.39 Å². The summed E-state index contributed by atoms with van der Waals surface area (Å²) in [5.74, 6) is -1.61. The Morgan fingerprint density at radius 3 is 2.60 bits per heavy atom. The molecule has 1 saturated carbocycles. The maximum absolute atomic E-state index is 14.8. The van der Waals surface area contributed by atoms with Crippen LogP contribution in [0.3, 0.4) is 0 Å². The first kappa shape index (κ1) is 20.4. The van der Waals surface area contributed by atoms with Gasteiger partial charge in [-0.1, -0.05) is 52.5 Å². The maximum atomic E-state index is 14.8. The first-order valence-corrected chi connectivity index (χ1v) is 10.6. The van der Waals surface area contributed by atoms with Crippen LogP contribution in [-0.4, -0.2) is 32.3 Å². The average Bonchev–Trinajstić information content (AvgIpc) is 3.43. The van der Waals surface area contributed by atoms with Crippen LogP contribution in [0.15, 0.2) is 53.9 Å². The molecule has 2 amide bonds. The second-order valence-corrected chi connectivity index (χ2v) is 7.99. The number of nitrogens with zero attached hydrogens (tertiary/aromatic N) is 3. The van der Waals surface area contributed by atoms with Crippen LogP contribution in [0.1, 0.15) is 40.5 Å². The predicted octanol–water partition coefficient (Wildman–Crippen LogP) is 3.99. The van der Waals surface area contributed by atoms with E-state index in [1.54, 1.807) is 0 Å². The van der Waals surface area contributed by atoms with Gasteiger partial charge in [-0.15, -0.1) is 5.10 Å². The number of nitrogens with one attached hydrogen (secondary N) is 1. The number of amides is 2. The molecular formula is C21H18ClFN4O2S. The summed E-state index contributed by atoms with van der Waals surface area (Å²) in [5, 5.41) is 8.26. The molecule has 0 saturated heterocycles. The highest BCUT2D eigenvalue weighted by Crippen LogP contribution is 2.39. The number of carbonyl (C=O) groups excluding carboxylic acids is 2. The quantitative estimate of drug-likeness (QED) is 0.597. The zero-order valence-electron chi connectivity index (χ0n) is 15.8. The molecule has 1 aromatic heterocycles. The third-order valence-corrected chi connectivity index (χ3v) is 5.70. The van der Waals surface area contributed by atoms with Crippen molar-refractivity contribution < 1.29 is 14.0 Å². The number of aromatic nitrogens is 2. The lowest BCUT2D eigenvalue weighted by atomic mass is 10.0. The highest BCUT2D eigenvalue weighted by atomic mass is 35.5. The maximum Gasteiger partial charge on any atom is 0.276 e. The SMILES string of the molecule is O=C(NCc1ccccc1)[C@@H](c1c(F)cccc1Cl)N(C(=O)c1csnn1)C1CC1. The summed E-state index contributed by atoms with van der Waals surface area (Å²) in [7, 11) is 0. The van der Waals surface area contributed by atoms with Gasteiger partial charge in [0.2, 0.25) is 5.91 Å². The van der Waals surface area contributed by atoms with Gasteiger partial charge in [0, 0.05) is 28.6 Å². The Bertz CT molecular complexity index is 1020. The number of hydrogen-bond donors (Lipinski definition) is 1. The molecule has 1 atom stereocenters. The zero-order valence-corrected chi connectivity index (χ0v) is 17.4. The zero-order chi connectivity index (χ0) is 21.1. The van der Waals surface area contributed by atoms with Crippen molar-refractivity contribution in [1.29, 1.82) is 0 Å². The Hall–Kier alpha value is -2.84. The van der Waals surface area contributed by atoms with Crippen LogP contribution in [0.25, 0.3) is 0 Å². The molecule has 3 aromatic rings. The van der Waals surface area contributed by atoms with Crippen LogP contribution in [-0.2, 0) is 11.3 Å². The van der Waals surface area contributed by atoms with Crippen LogP contribution in [0.2, 0.25) is 5.02 Å². The van der Waals surface area contributed by atoms with Gasteiger partial charge in [-0.3, -0.25) is 9.59 Å². The first-order valence-electron chi connectivity index (χ1n) is 9.41. The fraction of sp³-hybridized carbons (Fsp3) is 0.238. The van der Waals surface area contributed by atoms with E-state index in [0.29, 0.717) is 0 Å². The molecule has 0 spiro atoms. The molecule has 154 valence electrons. The average molecular weight is 445 g/mol. The lowest BCUT2D eigenvalue weighted by molar-refractivity contribution is -0.126. The Kier molecular flexibility index (Phi) is 6.06. The van der Waals surface area contributed by atoms with Crippen LogP contribution in [0.5, 0.6) is 0 Å². The molecule has 0 bridgehead atoms. The Morgan fingerprint density at radius 1 is 1.20 bits per heavy atom. The van der Waals surface area contributed by atoms with E-state index < -0.39 is 23.7 Å². The van der Waals surface area contributed by atoms with Crippen molar-refractivity contribution >= 4 is 34.9 Å². The second-order valence-electron chi connectivity index (χ2n) is 6.98. The van der Waals surface area contributed by atoms with Gasteiger partial charge in [0.05, 0.1) is 0 Å². The molecule has 1 fully saturated rings. The van der Waals surface area contributed by atoms with E-state index in [1.165, 1.54) is 28.5 Å². The van der Waals surface area contributed by atoms with Crippen molar-refractivity contribution in [3.05, 3.63) is 81.6 Å². The number of benzene rings is 2. The predicted molar refractivity (Wildman–Crippen MR) is 112 cm³/mol. The Balaban J connectivity index is 1.71. The second kappa shape index (κ2) is 8.89. The highest BCUT2D eigenvalue weighted by Gasteiger charge is 2.44. The van der Waals surface area contributed by atoms with Gasteiger partial charge >= 0.3 is 0 Å². The molecule has 2 aromatic carbocycles. The van der Waals surface area contributed by atoms with Gasteiger partial charge < -0.3 is 10.2 Å². The summed E-state index contributed by atoms with van der Waals surface area (Å²) in [4.78, 5) is 27.9. The van der Waals surface area contributed by atoms with E-state index in [4.69, 9.17) is 11.6 Å². The lowest BCUT2D eigenvalue weighted by Gasteiger charge is -2.31. The molecule has 0 radical (unpaired) electrons. The molecule has 1 aliphatic rings. The van der Waals surface area contributed by atoms with Crippen molar-refractivity contribution in [2.75, 3.05) is 0 Å². The summed E-state index contributed by atoms with van der Waals surface area (Å²) in [5.41, 5.74) is 0.991. The van der Waals surface area contributed by atoms with Gasteiger partial charge in [-0.05, 0) is 42.1 Å². The number of rotatable bonds is 7. The molecule has 4 rings (SSSR count). The van der Waals surface area contributed by atoms with Crippen molar-refractivity contribution in [2.45, 2.75) is 31.5 Å². The first-order chi connectivity index (χ1) is 14.6. The summed E-state index contributed by atoms with van der Waals surface area (Å²) in [6.07, 6.45) is 1.44. The van der Waals surface area contributed by atoms with Crippen molar-refractivity contribution in [2.24, 2.45) is 0 Å².